The fourth-order valence-corrected chi connectivity index (χ4v) is 1.90. The fraction of sp³-hybridized carbons (Fsp3) is 0.556. The molecule has 0 radical (unpaired) electrons. The van der Waals surface area contributed by atoms with Crippen molar-refractivity contribution >= 4 is 18.2 Å². The number of halogens is 2. The second kappa shape index (κ2) is 6.24. The number of alkyl halides is 1. The summed E-state index contributed by atoms with van der Waals surface area (Å²) in [4.78, 5) is 17.4. The molecule has 4 N–H and O–H groups in total. The van der Waals surface area contributed by atoms with E-state index in [1.165, 1.54) is 6.07 Å². The topological polar surface area (TPSA) is 159 Å². The summed E-state index contributed by atoms with van der Waals surface area (Å²) in [5.41, 5.74) is 10.6. The van der Waals surface area contributed by atoms with Gasteiger partial charge in [0.2, 0.25) is 5.72 Å². The van der Waals surface area contributed by atoms with Crippen molar-refractivity contribution in [1.82, 2.24) is 9.55 Å². The standard InChI is InChI=1S/C9H11FN6O4.ClH/c10-5-6(18)9(3-17,14-15-12)20-7(5)16-2-1-4(11)13-8(16)19;/h1-2,5-7,17-18H,3H2,(H2,11,13,19);1H/t5-,6-,7+,9+;/m0./s1. The van der Waals surface area contributed by atoms with E-state index in [2.05, 4.69) is 15.0 Å². The van der Waals surface area contributed by atoms with Gasteiger partial charge < -0.3 is 20.7 Å². The summed E-state index contributed by atoms with van der Waals surface area (Å²) in [7, 11) is 0. The van der Waals surface area contributed by atoms with E-state index in [1.54, 1.807) is 0 Å². The van der Waals surface area contributed by atoms with E-state index in [0.29, 0.717) is 0 Å². The lowest BCUT2D eigenvalue weighted by atomic mass is 10.1. The van der Waals surface area contributed by atoms with E-state index in [1.807, 2.05) is 0 Å². The minimum atomic E-state index is -2.19. The van der Waals surface area contributed by atoms with Gasteiger partial charge in [-0.05, 0) is 11.6 Å². The van der Waals surface area contributed by atoms with E-state index < -0.39 is 36.5 Å². The van der Waals surface area contributed by atoms with Crippen LogP contribution in [0.5, 0.6) is 0 Å². The molecule has 0 aliphatic carbocycles. The number of aliphatic hydroxyl groups excluding tert-OH is 2. The molecule has 1 aromatic heterocycles. The number of nitrogen functional groups attached to an aromatic ring is 1. The molecule has 4 atom stereocenters. The Labute approximate surface area is 123 Å². The van der Waals surface area contributed by atoms with E-state index >= 15 is 0 Å². The number of aromatic nitrogens is 2. The molecule has 12 heteroatoms. The van der Waals surface area contributed by atoms with Crippen molar-refractivity contribution in [3.05, 3.63) is 33.2 Å². The molecule has 0 spiro atoms. The Kier molecular flexibility index (Phi) is 5.10. The van der Waals surface area contributed by atoms with Crippen LogP contribution < -0.4 is 11.4 Å². The first-order valence-corrected chi connectivity index (χ1v) is 5.47. The molecule has 10 nitrogen and oxygen atoms in total. The molecule has 1 saturated heterocycles. The molecule has 0 amide bonds. The zero-order valence-corrected chi connectivity index (χ0v) is 11.2. The third-order valence-electron chi connectivity index (χ3n) is 2.93. The number of nitrogens with two attached hydrogens (primary N) is 1. The number of hydrogen-bond acceptors (Lipinski definition) is 7. The van der Waals surface area contributed by atoms with Crippen LogP contribution in [0, 0.1) is 0 Å². The largest absolute Gasteiger partial charge is 0.393 e. The monoisotopic (exact) mass is 322 g/mol. The highest BCUT2D eigenvalue weighted by molar-refractivity contribution is 5.85. The van der Waals surface area contributed by atoms with Crippen LogP contribution in [0.25, 0.3) is 10.4 Å². The lowest BCUT2D eigenvalue weighted by Crippen LogP contribution is -2.43. The molecule has 0 unspecified atom stereocenters. The van der Waals surface area contributed by atoms with Crippen molar-refractivity contribution in [3.8, 4) is 0 Å². The Bertz CT molecular complexity index is 623. The predicted molar refractivity (Wildman–Crippen MR) is 70.1 cm³/mol. The molecule has 2 rings (SSSR count). The van der Waals surface area contributed by atoms with Crippen molar-refractivity contribution in [1.29, 1.82) is 0 Å². The van der Waals surface area contributed by atoms with Crippen molar-refractivity contribution in [2.75, 3.05) is 12.3 Å². The van der Waals surface area contributed by atoms with E-state index in [4.69, 9.17) is 16.0 Å². The van der Waals surface area contributed by atoms with Gasteiger partial charge in [0.15, 0.2) is 12.4 Å². The van der Waals surface area contributed by atoms with Crippen LogP contribution >= 0.6 is 12.4 Å². The summed E-state index contributed by atoms with van der Waals surface area (Å²) in [6, 6.07) is 1.23. The molecule has 116 valence electrons. The van der Waals surface area contributed by atoms with Crippen LogP contribution in [-0.4, -0.2) is 44.4 Å². The van der Waals surface area contributed by atoms with Crippen LogP contribution in [0.15, 0.2) is 22.2 Å². The summed E-state index contributed by atoms with van der Waals surface area (Å²) in [6.45, 7) is -0.952. The van der Waals surface area contributed by atoms with Gasteiger partial charge >= 0.3 is 5.69 Å². The number of rotatable bonds is 3. The maximum Gasteiger partial charge on any atom is 0.351 e. The number of azide groups is 1. The summed E-state index contributed by atoms with van der Waals surface area (Å²) in [6.07, 6.45) is -4.50. The van der Waals surface area contributed by atoms with Gasteiger partial charge in [-0.1, -0.05) is 5.11 Å². The molecule has 0 aromatic carbocycles. The SMILES string of the molecule is Cl.[N-]=[N+]=N[C@]1(CO)O[C@@H](n2ccc(N)nc2=O)[C@@H](F)[C@@H]1O. The maximum atomic E-state index is 14.1. The van der Waals surface area contributed by atoms with E-state index in [-0.39, 0.29) is 18.2 Å². The van der Waals surface area contributed by atoms with Gasteiger partial charge in [-0.25, -0.2) is 9.18 Å². The second-order valence-electron chi connectivity index (χ2n) is 4.13. The number of aliphatic hydroxyl groups is 2. The molecular weight excluding hydrogens is 311 g/mol. The van der Waals surface area contributed by atoms with Crippen LogP contribution in [0.3, 0.4) is 0 Å². The van der Waals surface area contributed by atoms with E-state index in [0.717, 1.165) is 10.8 Å². The zero-order valence-electron chi connectivity index (χ0n) is 10.4. The summed E-state index contributed by atoms with van der Waals surface area (Å²) < 4.78 is 19.9. The third kappa shape index (κ3) is 2.77. The predicted octanol–water partition coefficient (Wildman–Crippen LogP) is -0.526. The lowest BCUT2D eigenvalue weighted by Gasteiger charge is -2.23. The molecule has 1 aliphatic heterocycles. The normalized spacial score (nSPS) is 31.3. The number of hydrogen-bond donors (Lipinski definition) is 3. The Morgan fingerprint density at radius 2 is 2.38 bits per heavy atom. The highest BCUT2D eigenvalue weighted by atomic mass is 35.5. The van der Waals surface area contributed by atoms with Gasteiger partial charge in [-0.2, -0.15) is 4.98 Å². The van der Waals surface area contributed by atoms with Crippen molar-refractivity contribution in [2.45, 2.75) is 24.2 Å². The van der Waals surface area contributed by atoms with Crippen LogP contribution in [0.2, 0.25) is 0 Å². The number of anilines is 1. The number of ether oxygens (including phenoxy) is 1. The Hall–Kier alpha value is -1.91. The van der Waals surface area contributed by atoms with Gasteiger partial charge in [0.25, 0.3) is 0 Å². The van der Waals surface area contributed by atoms with Gasteiger partial charge in [0.1, 0.15) is 11.9 Å². The van der Waals surface area contributed by atoms with Gasteiger partial charge in [-0.3, -0.25) is 4.57 Å². The minimum Gasteiger partial charge on any atom is -0.393 e. The third-order valence-corrected chi connectivity index (χ3v) is 2.93. The summed E-state index contributed by atoms with van der Waals surface area (Å²) in [5.74, 6) is -0.0660. The highest BCUT2D eigenvalue weighted by Gasteiger charge is 2.56. The molecular formula is C9H12ClFN6O4. The van der Waals surface area contributed by atoms with Crippen molar-refractivity contribution in [3.63, 3.8) is 0 Å². The molecule has 1 aliphatic rings. The Morgan fingerprint density at radius 1 is 1.71 bits per heavy atom. The Morgan fingerprint density at radius 3 is 2.90 bits per heavy atom. The Balaban J connectivity index is 0.00000220. The molecule has 0 saturated carbocycles. The maximum absolute atomic E-state index is 14.1. The van der Waals surface area contributed by atoms with Gasteiger partial charge in [0, 0.05) is 11.1 Å². The lowest BCUT2D eigenvalue weighted by molar-refractivity contribution is -0.124. The first kappa shape index (κ1) is 17.1. The zero-order chi connectivity index (χ0) is 14.9. The average molecular weight is 323 g/mol. The average Bonchev–Trinajstić information content (AvgIpc) is 2.65. The highest BCUT2D eigenvalue weighted by Crippen LogP contribution is 2.39. The fourth-order valence-electron chi connectivity index (χ4n) is 1.90. The second-order valence-corrected chi connectivity index (χ2v) is 4.13. The molecule has 2 heterocycles. The van der Waals surface area contributed by atoms with Crippen LogP contribution in [0.4, 0.5) is 10.2 Å². The van der Waals surface area contributed by atoms with Crippen LogP contribution in [0.1, 0.15) is 6.23 Å². The summed E-state index contributed by atoms with van der Waals surface area (Å²) in [5, 5.41) is 22.0. The van der Waals surface area contributed by atoms with Crippen molar-refractivity contribution < 1.29 is 19.3 Å². The number of nitrogens with zero attached hydrogens (tertiary/aromatic N) is 5. The summed E-state index contributed by atoms with van der Waals surface area (Å²) >= 11 is 0. The van der Waals surface area contributed by atoms with E-state index in [9.17, 15) is 19.4 Å². The molecule has 21 heavy (non-hydrogen) atoms. The first-order valence-electron chi connectivity index (χ1n) is 5.47. The molecule has 1 aromatic rings. The van der Waals surface area contributed by atoms with Crippen molar-refractivity contribution in [2.24, 2.45) is 5.11 Å². The van der Waals surface area contributed by atoms with Gasteiger partial charge in [0.05, 0.1) is 6.61 Å². The quantitative estimate of drug-likeness (QED) is 0.385. The first-order chi connectivity index (χ1) is 9.45. The van der Waals surface area contributed by atoms with Gasteiger partial charge in [-0.15, -0.1) is 12.4 Å². The van der Waals surface area contributed by atoms with Crippen LogP contribution in [-0.2, 0) is 4.74 Å². The molecule has 1 fully saturated rings. The minimum absolute atomic E-state index is 0. The smallest absolute Gasteiger partial charge is 0.351 e. The molecule has 0 bridgehead atoms.